The summed E-state index contributed by atoms with van der Waals surface area (Å²) in [4.78, 5) is 12.0. The quantitative estimate of drug-likeness (QED) is 0.725. The van der Waals surface area contributed by atoms with Gasteiger partial charge in [-0.1, -0.05) is 37.1 Å². The first-order valence-corrected chi connectivity index (χ1v) is 7.93. The Hall–Kier alpha value is -2.00. The molecule has 0 spiro atoms. The van der Waals surface area contributed by atoms with Crippen LogP contribution in [0.1, 0.15) is 25.3 Å². The molecule has 1 amide bonds. The molecular weight excluding hydrogens is 296 g/mol. The Morgan fingerprint density at radius 1 is 1.00 bits per heavy atom. The van der Waals surface area contributed by atoms with Gasteiger partial charge in [0.1, 0.15) is 0 Å². The van der Waals surface area contributed by atoms with Gasteiger partial charge in [-0.15, -0.1) is 0 Å². The van der Waals surface area contributed by atoms with Crippen molar-refractivity contribution in [2.24, 2.45) is 0 Å². The number of hydrogen-bond donors (Lipinski definition) is 2. The fourth-order valence-corrected chi connectivity index (χ4v) is 2.20. The van der Waals surface area contributed by atoms with Crippen molar-refractivity contribution in [3.8, 4) is 0 Å². The van der Waals surface area contributed by atoms with E-state index in [0.717, 1.165) is 29.9 Å². The molecule has 0 atom stereocenters. The van der Waals surface area contributed by atoms with Crippen LogP contribution in [0, 0.1) is 0 Å². The molecule has 0 fully saturated rings. The summed E-state index contributed by atoms with van der Waals surface area (Å²) < 4.78 is 0. The summed E-state index contributed by atoms with van der Waals surface area (Å²) in [5.74, 6) is -0.0333. The van der Waals surface area contributed by atoms with E-state index >= 15 is 0 Å². The van der Waals surface area contributed by atoms with Crippen molar-refractivity contribution in [1.82, 2.24) is 0 Å². The summed E-state index contributed by atoms with van der Waals surface area (Å²) in [6, 6.07) is 15.1. The highest BCUT2D eigenvalue weighted by Crippen LogP contribution is 2.15. The number of halogens is 1. The molecule has 2 rings (SSSR count). The molecule has 0 aliphatic heterocycles. The standard InChI is InChI=1S/C18H21ClN2O/c1-2-3-12-20-16-8-10-17(11-9-16)21-18(22)13-14-4-6-15(19)7-5-14/h4-11,20H,2-3,12-13H2,1H3,(H,21,22). The number of anilines is 2. The molecule has 2 aromatic rings. The van der Waals surface area contributed by atoms with Crippen LogP contribution in [0.5, 0.6) is 0 Å². The summed E-state index contributed by atoms with van der Waals surface area (Å²) >= 11 is 5.83. The SMILES string of the molecule is CCCCNc1ccc(NC(=O)Cc2ccc(Cl)cc2)cc1. The van der Waals surface area contributed by atoms with Crippen LogP contribution >= 0.6 is 11.6 Å². The third-order valence-corrected chi connectivity index (χ3v) is 3.56. The van der Waals surface area contributed by atoms with E-state index < -0.39 is 0 Å². The van der Waals surface area contributed by atoms with E-state index in [-0.39, 0.29) is 5.91 Å². The monoisotopic (exact) mass is 316 g/mol. The van der Waals surface area contributed by atoms with Gasteiger partial charge in [-0.05, 0) is 48.4 Å². The summed E-state index contributed by atoms with van der Waals surface area (Å²) in [5.41, 5.74) is 2.82. The molecule has 3 nitrogen and oxygen atoms in total. The number of carbonyl (C=O) groups is 1. The van der Waals surface area contributed by atoms with Crippen molar-refractivity contribution < 1.29 is 4.79 Å². The first-order chi connectivity index (χ1) is 10.7. The lowest BCUT2D eigenvalue weighted by Crippen LogP contribution is -2.14. The van der Waals surface area contributed by atoms with Gasteiger partial charge in [-0.25, -0.2) is 0 Å². The van der Waals surface area contributed by atoms with E-state index in [9.17, 15) is 4.79 Å². The lowest BCUT2D eigenvalue weighted by Gasteiger charge is -2.08. The zero-order valence-corrected chi connectivity index (χ0v) is 13.5. The number of nitrogens with one attached hydrogen (secondary N) is 2. The van der Waals surface area contributed by atoms with Crippen molar-refractivity contribution in [3.63, 3.8) is 0 Å². The first-order valence-electron chi connectivity index (χ1n) is 7.55. The van der Waals surface area contributed by atoms with Crippen molar-refractivity contribution >= 4 is 28.9 Å². The summed E-state index contributed by atoms with van der Waals surface area (Å²) in [6.45, 7) is 3.14. The lowest BCUT2D eigenvalue weighted by atomic mass is 10.1. The van der Waals surface area contributed by atoms with E-state index in [1.165, 1.54) is 6.42 Å². The first kappa shape index (κ1) is 16.4. The van der Waals surface area contributed by atoms with Gasteiger partial charge < -0.3 is 10.6 Å². The maximum Gasteiger partial charge on any atom is 0.228 e. The largest absolute Gasteiger partial charge is 0.385 e. The van der Waals surface area contributed by atoms with Gasteiger partial charge in [0.05, 0.1) is 6.42 Å². The molecule has 4 heteroatoms. The molecular formula is C18H21ClN2O. The Labute approximate surface area is 136 Å². The van der Waals surface area contributed by atoms with Gasteiger partial charge >= 0.3 is 0 Å². The highest BCUT2D eigenvalue weighted by Gasteiger charge is 2.04. The van der Waals surface area contributed by atoms with Crippen LogP contribution in [0.15, 0.2) is 48.5 Å². The van der Waals surface area contributed by atoms with Crippen LogP contribution in [0.4, 0.5) is 11.4 Å². The highest BCUT2D eigenvalue weighted by atomic mass is 35.5. The number of amides is 1. The van der Waals surface area contributed by atoms with Gasteiger partial charge in [-0.2, -0.15) is 0 Å². The van der Waals surface area contributed by atoms with Gasteiger partial charge in [0, 0.05) is 22.9 Å². The van der Waals surface area contributed by atoms with Crippen molar-refractivity contribution in [2.45, 2.75) is 26.2 Å². The molecule has 0 radical (unpaired) electrons. The molecule has 2 aromatic carbocycles. The van der Waals surface area contributed by atoms with Crippen LogP contribution < -0.4 is 10.6 Å². The Morgan fingerprint density at radius 2 is 1.64 bits per heavy atom. The zero-order valence-electron chi connectivity index (χ0n) is 12.7. The molecule has 0 aromatic heterocycles. The molecule has 2 N–H and O–H groups in total. The normalized spacial score (nSPS) is 10.3. The third-order valence-electron chi connectivity index (χ3n) is 3.31. The minimum absolute atomic E-state index is 0.0333. The number of hydrogen-bond acceptors (Lipinski definition) is 2. The minimum atomic E-state index is -0.0333. The Kier molecular flexibility index (Phi) is 6.28. The average molecular weight is 317 g/mol. The number of carbonyl (C=O) groups excluding carboxylic acids is 1. The van der Waals surface area contributed by atoms with E-state index in [1.807, 2.05) is 36.4 Å². The molecule has 116 valence electrons. The van der Waals surface area contributed by atoms with E-state index in [1.54, 1.807) is 12.1 Å². The Balaban J connectivity index is 1.84. The zero-order chi connectivity index (χ0) is 15.8. The molecule has 0 saturated carbocycles. The molecule has 22 heavy (non-hydrogen) atoms. The van der Waals surface area contributed by atoms with Gasteiger partial charge in [0.15, 0.2) is 0 Å². The van der Waals surface area contributed by atoms with Crippen molar-refractivity contribution in [3.05, 3.63) is 59.1 Å². The number of rotatable bonds is 7. The van der Waals surface area contributed by atoms with Crippen LogP contribution in [0.3, 0.4) is 0 Å². The van der Waals surface area contributed by atoms with Crippen molar-refractivity contribution in [1.29, 1.82) is 0 Å². The van der Waals surface area contributed by atoms with E-state index in [4.69, 9.17) is 11.6 Å². The second-order valence-electron chi connectivity index (χ2n) is 5.21. The Bertz CT molecular complexity index is 593. The molecule has 0 heterocycles. The van der Waals surface area contributed by atoms with Crippen LogP contribution in [0.2, 0.25) is 5.02 Å². The molecule has 0 unspecified atom stereocenters. The summed E-state index contributed by atoms with van der Waals surface area (Å²) in [6.07, 6.45) is 2.67. The number of unbranched alkanes of at least 4 members (excludes halogenated alkanes) is 1. The van der Waals surface area contributed by atoms with E-state index in [2.05, 4.69) is 17.6 Å². The highest BCUT2D eigenvalue weighted by molar-refractivity contribution is 6.30. The van der Waals surface area contributed by atoms with Gasteiger partial charge in [0.25, 0.3) is 0 Å². The van der Waals surface area contributed by atoms with Crippen LogP contribution in [-0.4, -0.2) is 12.5 Å². The molecule has 0 aliphatic carbocycles. The smallest absolute Gasteiger partial charge is 0.228 e. The van der Waals surface area contributed by atoms with E-state index in [0.29, 0.717) is 11.4 Å². The van der Waals surface area contributed by atoms with Crippen LogP contribution in [-0.2, 0) is 11.2 Å². The number of benzene rings is 2. The molecule has 0 aliphatic rings. The second-order valence-corrected chi connectivity index (χ2v) is 5.65. The fraction of sp³-hybridized carbons (Fsp3) is 0.278. The van der Waals surface area contributed by atoms with Gasteiger partial charge in [0.2, 0.25) is 5.91 Å². The Morgan fingerprint density at radius 3 is 2.27 bits per heavy atom. The summed E-state index contributed by atoms with van der Waals surface area (Å²) in [7, 11) is 0. The minimum Gasteiger partial charge on any atom is -0.385 e. The second kappa shape index (κ2) is 8.44. The fourth-order valence-electron chi connectivity index (χ4n) is 2.07. The maximum absolute atomic E-state index is 12.0. The maximum atomic E-state index is 12.0. The molecule has 0 bridgehead atoms. The topological polar surface area (TPSA) is 41.1 Å². The summed E-state index contributed by atoms with van der Waals surface area (Å²) in [5, 5.41) is 6.92. The third kappa shape index (κ3) is 5.41. The lowest BCUT2D eigenvalue weighted by molar-refractivity contribution is -0.115. The predicted octanol–water partition coefficient (Wildman–Crippen LogP) is 4.73. The predicted molar refractivity (Wildman–Crippen MR) is 93.6 cm³/mol. The van der Waals surface area contributed by atoms with Crippen LogP contribution in [0.25, 0.3) is 0 Å². The molecule has 0 saturated heterocycles. The average Bonchev–Trinajstić information content (AvgIpc) is 2.51. The van der Waals surface area contributed by atoms with Gasteiger partial charge in [-0.3, -0.25) is 4.79 Å². The van der Waals surface area contributed by atoms with Crippen molar-refractivity contribution in [2.75, 3.05) is 17.2 Å².